The third-order valence-electron chi connectivity index (χ3n) is 4.46. The first-order chi connectivity index (χ1) is 9.45. The van der Waals surface area contributed by atoms with Crippen LogP contribution in [0.5, 0.6) is 0 Å². The lowest BCUT2D eigenvalue weighted by Crippen LogP contribution is -2.59. The fourth-order valence-corrected chi connectivity index (χ4v) is 3.42. The van der Waals surface area contributed by atoms with Crippen molar-refractivity contribution in [2.24, 2.45) is 17.8 Å². The Bertz CT molecular complexity index is 287. The molecule has 0 aromatic carbocycles. The molecule has 0 amide bonds. The third kappa shape index (κ3) is 4.71. The van der Waals surface area contributed by atoms with Crippen molar-refractivity contribution in [1.82, 2.24) is 10.2 Å². The van der Waals surface area contributed by atoms with Gasteiger partial charge in [0, 0.05) is 25.7 Å². The van der Waals surface area contributed by atoms with Crippen LogP contribution in [0.15, 0.2) is 0 Å². The first-order valence-electron chi connectivity index (χ1n) is 8.56. The standard InChI is InChI=1S/C17H34N2O/c1-13(2)9-19(10-14(3)4)11-17(12-20,15-5-6-15)18-16-7-8-16/h13-16,18,20H,5-12H2,1-4H3. The van der Waals surface area contributed by atoms with E-state index in [0.717, 1.165) is 19.6 Å². The van der Waals surface area contributed by atoms with Gasteiger partial charge in [-0.3, -0.25) is 0 Å². The predicted octanol–water partition coefficient (Wildman–Crippen LogP) is 2.49. The van der Waals surface area contributed by atoms with E-state index in [0.29, 0.717) is 30.4 Å². The van der Waals surface area contributed by atoms with Crippen molar-refractivity contribution >= 4 is 0 Å². The van der Waals surface area contributed by atoms with Crippen LogP contribution in [0.3, 0.4) is 0 Å². The summed E-state index contributed by atoms with van der Waals surface area (Å²) in [6, 6.07) is 0.669. The minimum atomic E-state index is -0.0368. The molecule has 0 bridgehead atoms. The van der Waals surface area contributed by atoms with Gasteiger partial charge in [0.25, 0.3) is 0 Å². The Kier molecular flexibility index (Phi) is 5.49. The first-order valence-corrected chi connectivity index (χ1v) is 8.56. The highest BCUT2D eigenvalue weighted by molar-refractivity contribution is 5.06. The van der Waals surface area contributed by atoms with Gasteiger partial charge in [0.2, 0.25) is 0 Å². The number of hydrogen-bond donors (Lipinski definition) is 2. The molecule has 0 aliphatic heterocycles. The van der Waals surface area contributed by atoms with Crippen LogP contribution < -0.4 is 5.32 Å². The van der Waals surface area contributed by atoms with Gasteiger partial charge >= 0.3 is 0 Å². The van der Waals surface area contributed by atoms with Crippen molar-refractivity contribution < 1.29 is 5.11 Å². The van der Waals surface area contributed by atoms with E-state index in [4.69, 9.17) is 0 Å². The van der Waals surface area contributed by atoms with E-state index in [2.05, 4.69) is 37.9 Å². The molecule has 2 N–H and O–H groups in total. The molecular formula is C17H34N2O. The lowest BCUT2D eigenvalue weighted by molar-refractivity contribution is 0.0779. The Labute approximate surface area is 125 Å². The largest absolute Gasteiger partial charge is 0.394 e. The molecule has 2 saturated carbocycles. The highest BCUT2D eigenvalue weighted by Gasteiger charge is 2.48. The quantitative estimate of drug-likeness (QED) is 0.646. The van der Waals surface area contributed by atoms with Crippen LogP contribution in [0.4, 0.5) is 0 Å². The van der Waals surface area contributed by atoms with E-state index in [1.807, 2.05) is 0 Å². The number of nitrogens with zero attached hydrogens (tertiary/aromatic N) is 1. The van der Waals surface area contributed by atoms with Crippen LogP contribution in [0, 0.1) is 17.8 Å². The van der Waals surface area contributed by atoms with Gasteiger partial charge < -0.3 is 15.3 Å². The van der Waals surface area contributed by atoms with Crippen LogP contribution >= 0.6 is 0 Å². The molecular weight excluding hydrogens is 248 g/mol. The molecule has 0 radical (unpaired) electrons. The summed E-state index contributed by atoms with van der Waals surface area (Å²) in [6.45, 7) is 12.7. The summed E-state index contributed by atoms with van der Waals surface area (Å²) in [5, 5.41) is 13.9. The average Bonchev–Trinajstić information content (AvgIpc) is 3.19. The summed E-state index contributed by atoms with van der Waals surface area (Å²) < 4.78 is 0. The van der Waals surface area contributed by atoms with Crippen LogP contribution in [0.1, 0.15) is 53.4 Å². The topological polar surface area (TPSA) is 35.5 Å². The number of nitrogens with one attached hydrogen (secondary N) is 1. The molecule has 0 spiro atoms. The molecule has 0 heterocycles. The number of aliphatic hydroxyl groups excluding tert-OH is 1. The SMILES string of the molecule is CC(C)CN(CC(C)C)CC(CO)(NC1CC1)C1CC1. The monoisotopic (exact) mass is 282 g/mol. The second-order valence-electron chi connectivity index (χ2n) is 7.99. The Balaban J connectivity index is 2.01. The van der Waals surface area contributed by atoms with Crippen LogP contribution in [-0.4, -0.2) is 47.8 Å². The molecule has 0 aromatic heterocycles. The van der Waals surface area contributed by atoms with Crippen molar-refractivity contribution in [1.29, 1.82) is 0 Å². The van der Waals surface area contributed by atoms with Gasteiger partial charge in [-0.05, 0) is 43.4 Å². The highest BCUT2D eigenvalue weighted by Crippen LogP contribution is 2.42. The molecule has 1 atom stereocenters. The molecule has 2 aliphatic rings. The number of aliphatic hydroxyl groups is 1. The van der Waals surface area contributed by atoms with E-state index in [9.17, 15) is 5.11 Å². The van der Waals surface area contributed by atoms with E-state index in [1.165, 1.54) is 25.7 Å². The Morgan fingerprint density at radius 2 is 1.60 bits per heavy atom. The molecule has 118 valence electrons. The van der Waals surface area contributed by atoms with E-state index in [-0.39, 0.29) is 5.54 Å². The number of hydrogen-bond acceptors (Lipinski definition) is 3. The Morgan fingerprint density at radius 1 is 1.05 bits per heavy atom. The van der Waals surface area contributed by atoms with Crippen molar-refractivity contribution in [3.05, 3.63) is 0 Å². The highest BCUT2D eigenvalue weighted by atomic mass is 16.3. The van der Waals surface area contributed by atoms with Gasteiger partial charge in [0.05, 0.1) is 12.1 Å². The fraction of sp³-hybridized carbons (Fsp3) is 1.00. The molecule has 0 aromatic rings. The third-order valence-corrected chi connectivity index (χ3v) is 4.46. The van der Waals surface area contributed by atoms with Gasteiger partial charge in [-0.2, -0.15) is 0 Å². The van der Waals surface area contributed by atoms with Gasteiger partial charge in [-0.1, -0.05) is 27.7 Å². The van der Waals surface area contributed by atoms with E-state index >= 15 is 0 Å². The number of rotatable bonds is 10. The van der Waals surface area contributed by atoms with Crippen molar-refractivity contribution in [3.8, 4) is 0 Å². The molecule has 3 nitrogen and oxygen atoms in total. The van der Waals surface area contributed by atoms with E-state index in [1.54, 1.807) is 0 Å². The summed E-state index contributed by atoms with van der Waals surface area (Å²) in [4.78, 5) is 2.58. The van der Waals surface area contributed by atoms with Gasteiger partial charge in [0.15, 0.2) is 0 Å². The maximum Gasteiger partial charge on any atom is 0.0628 e. The molecule has 2 aliphatic carbocycles. The molecule has 3 heteroatoms. The van der Waals surface area contributed by atoms with Gasteiger partial charge in [0.1, 0.15) is 0 Å². The van der Waals surface area contributed by atoms with E-state index < -0.39 is 0 Å². The van der Waals surface area contributed by atoms with Crippen LogP contribution in [0.25, 0.3) is 0 Å². The minimum absolute atomic E-state index is 0.0368. The zero-order valence-electron chi connectivity index (χ0n) is 13.9. The van der Waals surface area contributed by atoms with Crippen LogP contribution in [0.2, 0.25) is 0 Å². The minimum Gasteiger partial charge on any atom is -0.394 e. The zero-order chi connectivity index (χ0) is 14.8. The molecule has 0 saturated heterocycles. The summed E-state index contributed by atoms with van der Waals surface area (Å²) in [5.41, 5.74) is -0.0368. The lowest BCUT2D eigenvalue weighted by Gasteiger charge is -2.40. The van der Waals surface area contributed by atoms with Crippen molar-refractivity contribution in [3.63, 3.8) is 0 Å². The molecule has 2 rings (SSSR count). The zero-order valence-corrected chi connectivity index (χ0v) is 13.9. The first kappa shape index (κ1) is 16.3. The van der Waals surface area contributed by atoms with Crippen molar-refractivity contribution in [2.75, 3.05) is 26.2 Å². The second kappa shape index (κ2) is 6.76. The Hall–Kier alpha value is -0.120. The van der Waals surface area contributed by atoms with Crippen LogP contribution in [-0.2, 0) is 0 Å². The normalized spacial score (nSPS) is 22.8. The smallest absolute Gasteiger partial charge is 0.0628 e. The summed E-state index contributed by atoms with van der Waals surface area (Å²) in [5.74, 6) is 2.06. The maximum atomic E-state index is 10.1. The summed E-state index contributed by atoms with van der Waals surface area (Å²) >= 11 is 0. The summed E-state index contributed by atoms with van der Waals surface area (Å²) in [6.07, 6.45) is 5.17. The fourth-order valence-electron chi connectivity index (χ4n) is 3.42. The average molecular weight is 282 g/mol. The van der Waals surface area contributed by atoms with Crippen molar-refractivity contribution in [2.45, 2.75) is 65.0 Å². The maximum absolute atomic E-state index is 10.1. The van der Waals surface area contributed by atoms with Gasteiger partial charge in [-0.15, -0.1) is 0 Å². The predicted molar refractivity (Wildman–Crippen MR) is 84.8 cm³/mol. The molecule has 20 heavy (non-hydrogen) atoms. The second-order valence-corrected chi connectivity index (χ2v) is 7.99. The summed E-state index contributed by atoms with van der Waals surface area (Å²) in [7, 11) is 0. The van der Waals surface area contributed by atoms with Gasteiger partial charge in [-0.25, -0.2) is 0 Å². The molecule has 2 fully saturated rings. The Morgan fingerprint density at radius 3 is 1.95 bits per heavy atom. The lowest BCUT2D eigenvalue weighted by atomic mass is 9.92. The molecule has 1 unspecified atom stereocenters.